The van der Waals surface area contributed by atoms with Crippen molar-refractivity contribution in [1.29, 1.82) is 0 Å². The Kier molecular flexibility index (Phi) is 2.67. The van der Waals surface area contributed by atoms with E-state index in [4.69, 9.17) is 9.52 Å². The van der Waals surface area contributed by atoms with Crippen molar-refractivity contribution in [3.8, 4) is 11.5 Å². The van der Waals surface area contributed by atoms with Crippen molar-refractivity contribution in [2.45, 2.75) is 19.3 Å². The van der Waals surface area contributed by atoms with Crippen LogP contribution < -0.4 is 0 Å². The minimum Gasteiger partial charge on any atom is -0.481 e. The molecule has 5 nitrogen and oxygen atoms in total. The number of hydrogen-bond acceptors (Lipinski definition) is 4. The average Bonchev–Trinajstić information content (AvgIpc) is 2.80. The average molecular weight is 232 g/mol. The van der Waals surface area contributed by atoms with Crippen LogP contribution in [0.2, 0.25) is 0 Å². The van der Waals surface area contributed by atoms with Gasteiger partial charge < -0.3 is 9.52 Å². The van der Waals surface area contributed by atoms with E-state index in [0.29, 0.717) is 11.7 Å². The van der Waals surface area contributed by atoms with E-state index < -0.39 is 11.4 Å². The number of pyridine rings is 1. The fraction of sp³-hybridized carbons (Fsp3) is 0.250. The van der Waals surface area contributed by atoms with Crippen molar-refractivity contribution in [2.75, 3.05) is 0 Å². The first-order valence-electron chi connectivity index (χ1n) is 5.12. The molecule has 0 atom stereocenters. The van der Waals surface area contributed by atoms with Gasteiger partial charge in [-0.25, -0.2) is 4.98 Å². The normalized spacial score (nSPS) is 11.4. The molecule has 88 valence electrons. The molecule has 2 aromatic rings. The molecule has 2 heterocycles. The molecular formula is C12H12N2O3. The van der Waals surface area contributed by atoms with Crippen molar-refractivity contribution in [3.63, 3.8) is 0 Å². The molecule has 2 rings (SSSR count). The molecule has 0 aliphatic rings. The highest BCUT2D eigenvalue weighted by Crippen LogP contribution is 2.27. The van der Waals surface area contributed by atoms with Gasteiger partial charge in [0, 0.05) is 18.0 Å². The van der Waals surface area contributed by atoms with Gasteiger partial charge in [0.25, 0.3) is 0 Å². The molecule has 1 N–H and O–H groups in total. The van der Waals surface area contributed by atoms with Crippen LogP contribution in [0.25, 0.3) is 11.5 Å². The monoisotopic (exact) mass is 232 g/mol. The number of aliphatic carboxylic acids is 1. The first kappa shape index (κ1) is 11.3. The number of carboxylic acid groups (broad SMARTS) is 1. The van der Waals surface area contributed by atoms with E-state index in [0.717, 1.165) is 5.56 Å². The predicted octanol–water partition coefficient (Wildman–Crippen LogP) is 2.10. The lowest BCUT2D eigenvalue weighted by molar-refractivity contribution is -0.143. The van der Waals surface area contributed by atoms with E-state index in [-0.39, 0.29) is 0 Å². The second-order valence-electron chi connectivity index (χ2n) is 4.20. The first-order valence-corrected chi connectivity index (χ1v) is 5.12. The summed E-state index contributed by atoms with van der Waals surface area (Å²) in [5, 5.41) is 9.08. The van der Waals surface area contributed by atoms with E-state index in [9.17, 15) is 4.79 Å². The number of carbonyl (C=O) groups is 1. The molecule has 2 aromatic heterocycles. The van der Waals surface area contributed by atoms with Crippen molar-refractivity contribution in [2.24, 2.45) is 0 Å². The van der Waals surface area contributed by atoms with Gasteiger partial charge in [-0.3, -0.25) is 9.78 Å². The van der Waals surface area contributed by atoms with Crippen molar-refractivity contribution in [1.82, 2.24) is 9.97 Å². The Morgan fingerprint density at radius 1 is 1.35 bits per heavy atom. The second kappa shape index (κ2) is 4.01. The van der Waals surface area contributed by atoms with Gasteiger partial charge in [0.15, 0.2) is 0 Å². The minimum absolute atomic E-state index is 0.330. The lowest BCUT2D eigenvalue weighted by Crippen LogP contribution is -2.27. The number of nitrogens with zero attached hydrogens (tertiary/aromatic N) is 2. The number of hydrogen-bond donors (Lipinski definition) is 1. The van der Waals surface area contributed by atoms with Crippen molar-refractivity contribution < 1.29 is 14.3 Å². The quantitative estimate of drug-likeness (QED) is 0.876. The van der Waals surface area contributed by atoms with Gasteiger partial charge in [-0.15, -0.1) is 0 Å². The third kappa shape index (κ3) is 2.04. The predicted molar refractivity (Wildman–Crippen MR) is 60.4 cm³/mol. The smallest absolute Gasteiger partial charge is 0.316 e. The Bertz CT molecular complexity index is 532. The second-order valence-corrected chi connectivity index (χ2v) is 4.20. The van der Waals surface area contributed by atoms with Gasteiger partial charge in [-0.1, -0.05) is 0 Å². The number of rotatable bonds is 3. The molecule has 17 heavy (non-hydrogen) atoms. The number of oxazole rings is 1. The molecule has 0 amide bonds. The maximum absolute atomic E-state index is 11.1. The van der Waals surface area contributed by atoms with E-state index >= 15 is 0 Å². The molecule has 0 bridgehead atoms. The summed E-state index contributed by atoms with van der Waals surface area (Å²) in [6.07, 6.45) is 4.70. The first-order chi connectivity index (χ1) is 8.01. The van der Waals surface area contributed by atoms with Crippen LogP contribution in [0.1, 0.15) is 19.6 Å². The summed E-state index contributed by atoms with van der Waals surface area (Å²) in [5.41, 5.74) is -0.314. The Balaban J connectivity index is 2.38. The van der Waals surface area contributed by atoms with Gasteiger partial charge >= 0.3 is 5.97 Å². The topological polar surface area (TPSA) is 76.2 Å². The fourth-order valence-corrected chi connectivity index (χ4v) is 1.30. The van der Waals surface area contributed by atoms with Crippen LogP contribution in [0, 0.1) is 0 Å². The summed E-state index contributed by atoms with van der Waals surface area (Å²) in [6, 6.07) is 3.51. The third-order valence-electron chi connectivity index (χ3n) is 2.58. The van der Waals surface area contributed by atoms with Crippen LogP contribution in [0.15, 0.2) is 35.1 Å². The third-order valence-corrected chi connectivity index (χ3v) is 2.58. The maximum Gasteiger partial charge on any atom is 0.316 e. The highest BCUT2D eigenvalue weighted by molar-refractivity contribution is 5.79. The minimum atomic E-state index is -1.09. The Morgan fingerprint density at radius 2 is 2.00 bits per heavy atom. The van der Waals surface area contributed by atoms with Crippen molar-refractivity contribution in [3.05, 3.63) is 36.5 Å². The van der Waals surface area contributed by atoms with Crippen LogP contribution in [0.4, 0.5) is 0 Å². The molecule has 0 aliphatic heterocycles. The summed E-state index contributed by atoms with van der Waals surface area (Å²) < 4.78 is 5.48. The van der Waals surface area contributed by atoms with Crippen LogP contribution in [0.3, 0.4) is 0 Å². The van der Waals surface area contributed by atoms with E-state index in [1.54, 1.807) is 38.4 Å². The van der Waals surface area contributed by atoms with Gasteiger partial charge in [0.1, 0.15) is 11.2 Å². The van der Waals surface area contributed by atoms with Crippen LogP contribution in [-0.4, -0.2) is 21.0 Å². The van der Waals surface area contributed by atoms with Crippen LogP contribution >= 0.6 is 0 Å². The molecule has 0 fully saturated rings. The van der Waals surface area contributed by atoms with Crippen LogP contribution in [0.5, 0.6) is 0 Å². The number of aromatic nitrogens is 2. The highest BCUT2D eigenvalue weighted by atomic mass is 16.4. The molecule has 0 radical (unpaired) electrons. The highest BCUT2D eigenvalue weighted by Gasteiger charge is 2.33. The summed E-state index contributed by atoms with van der Waals surface area (Å²) in [7, 11) is 0. The molecular weight excluding hydrogens is 220 g/mol. The summed E-state index contributed by atoms with van der Waals surface area (Å²) in [4.78, 5) is 19.0. The largest absolute Gasteiger partial charge is 0.481 e. The maximum atomic E-state index is 11.1. The molecule has 5 heteroatoms. The molecule has 0 saturated carbocycles. The summed E-state index contributed by atoms with van der Waals surface area (Å²) in [6.45, 7) is 3.15. The van der Waals surface area contributed by atoms with Gasteiger partial charge in [0.05, 0.1) is 6.20 Å². The summed E-state index contributed by atoms with van der Waals surface area (Å²) >= 11 is 0. The molecule has 0 saturated heterocycles. The van der Waals surface area contributed by atoms with Gasteiger partial charge in [-0.05, 0) is 26.0 Å². The SMILES string of the molecule is CC(C)(C(=O)O)c1cnc(-c2ccncc2)o1. The van der Waals surface area contributed by atoms with Crippen LogP contribution in [-0.2, 0) is 10.2 Å². The summed E-state index contributed by atoms with van der Waals surface area (Å²) in [5.74, 6) is -0.219. The lowest BCUT2D eigenvalue weighted by atomic mass is 9.91. The number of carboxylic acids is 1. The van der Waals surface area contributed by atoms with Gasteiger partial charge in [-0.2, -0.15) is 0 Å². The fourth-order valence-electron chi connectivity index (χ4n) is 1.30. The molecule has 0 spiro atoms. The van der Waals surface area contributed by atoms with E-state index in [1.165, 1.54) is 6.20 Å². The zero-order valence-electron chi connectivity index (χ0n) is 9.54. The molecule has 0 aliphatic carbocycles. The van der Waals surface area contributed by atoms with Crippen molar-refractivity contribution >= 4 is 5.97 Å². The molecule has 0 aromatic carbocycles. The Labute approximate surface area is 98.1 Å². The Morgan fingerprint density at radius 3 is 2.59 bits per heavy atom. The lowest BCUT2D eigenvalue weighted by Gasteiger charge is -2.14. The Hall–Kier alpha value is -2.17. The van der Waals surface area contributed by atoms with E-state index in [1.807, 2.05) is 0 Å². The molecule has 0 unspecified atom stereocenters. The zero-order chi connectivity index (χ0) is 12.5. The van der Waals surface area contributed by atoms with E-state index in [2.05, 4.69) is 9.97 Å². The zero-order valence-corrected chi connectivity index (χ0v) is 9.54. The van der Waals surface area contributed by atoms with Gasteiger partial charge in [0.2, 0.25) is 5.89 Å². The standard InChI is InChI=1S/C12H12N2O3/c1-12(2,11(15)16)9-7-14-10(17-9)8-3-5-13-6-4-8/h3-7H,1-2H3,(H,15,16).